The zero-order chi connectivity index (χ0) is 79.0. The lowest BCUT2D eigenvalue weighted by Crippen LogP contribution is -2.02. The largest absolute Gasteiger partial charge is 0.354 e. The smallest absolute Gasteiger partial charge is 0.164 e. The normalized spacial score (nSPS) is 12.6. The zero-order valence-corrected chi connectivity index (χ0v) is 55.4. The first-order valence-corrected chi connectivity index (χ1v) is 33.6. The first-order valence-electron chi connectivity index (χ1n) is 38.6. The Morgan fingerprint density at radius 3 is 1.18 bits per heavy atom. The molecule has 1 N–H and O–H groups in total. The van der Waals surface area contributed by atoms with Crippen LogP contribution in [0, 0.1) is 28.5 Å². The molecule has 14 aromatic carbocycles. The molecular formula is C92H57FN12. The van der Waals surface area contributed by atoms with Crippen molar-refractivity contribution in [1.29, 1.82) is 10.5 Å². The van der Waals surface area contributed by atoms with Crippen LogP contribution in [0.5, 0.6) is 0 Å². The van der Waals surface area contributed by atoms with Crippen molar-refractivity contribution in [3.8, 4) is 97.5 Å². The SMILES string of the molecule is N#Cc1cc(-c2nc(-c3ccccc3)nc(-c3ccccc3)n2)ccc1F.[2H]c1c([2H])c([2H])c(-n2c3ccccc3c3c2ccc2c4ccccc4n(-c4ccc(-c5nc(-c6ccccc6)nc(-c6ccccc6)n5)cc4C#N)c23)c([2H])c1[2H].[2H]c1c([2H])c([2H])c(-n2c3ccccc3c3c4[nH]c5ccccc5c4ccc32)c([2H])c1[2H]. The summed E-state index contributed by atoms with van der Waals surface area (Å²) in [6.07, 6.45) is 0. The molecule has 0 saturated carbocycles. The molecule has 6 heterocycles. The summed E-state index contributed by atoms with van der Waals surface area (Å²) in [5.41, 5.74) is 12.4. The lowest BCUT2D eigenvalue weighted by atomic mass is 10.1. The van der Waals surface area contributed by atoms with E-state index in [0.717, 1.165) is 98.4 Å². The molecule has 12 nitrogen and oxygen atoms in total. The van der Waals surface area contributed by atoms with Crippen LogP contribution < -0.4 is 0 Å². The third-order valence-electron chi connectivity index (χ3n) is 18.6. The van der Waals surface area contributed by atoms with E-state index in [-0.39, 0.29) is 53.2 Å². The molecule has 0 bridgehead atoms. The highest BCUT2D eigenvalue weighted by Crippen LogP contribution is 2.44. The molecule has 492 valence electrons. The predicted molar refractivity (Wildman–Crippen MR) is 420 cm³/mol. The molecule has 105 heavy (non-hydrogen) atoms. The van der Waals surface area contributed by atoms with Crippen molar-refractivity contribution in [2.45, 2.75) is 0 Å². The number of hydrogen-bond donors (Lipinski definition) is 1. The number of H-pyrrole nitrogens is 1. The Morgan fingerprint density at radius 2 is 0.695 bits per heavy atom. The Kier molecular flexibility index (Phi) is 13.3. The van der Waals surface area contributed by atoms with Gasteiger partial charge in [0, 0.05) is 93.4 Å². The van der Waals surface area contributed by atoms with Gasteiger partial charge in [-0.3, -0.25) is 0 Å². The van der Waals surface area contributed by atoms with Gasteiger partial charge < -0.3 is 18.7 Å². The Labute approximate surface area is 615 Å². The molecule has 0 aliphatic carbocycles. The second-order valence-corrected chi connectivity index (χ2v) is 24.6. The van der Waals surface area contributed by atoms with Crippen LogP contribution in [0.3, 0.4) is 0 Å². The summed E-state index contributed by atoms with van der Waals surface area (Å²) >= 11 is 0. The van der Waals surface area contributed by atoms with Gasteiger partial charge in [-0.05, 0) is 97.0 Å². The van der Waals surface area contributed by atoms with E-state index in [2.05, 4.69) is 42.7 Å². The van der Waals surface area contributed by atoms with Crippen LogP contribution in [-0.2, 0) is 0 Å². The van der Waals surface area contributed by atoms with E-state index in [9.17, 15) is 9.65 Å². The maximum Gasteiger partial charge on any atom is 0.164 e. The van der Waals surface area contributed by atoms with Gasteiger partial charge in [-0.2, -0.15) is 10.5 Å². The number of rotatable bonds is 9. The number of fused-ring (bicyclic) bond motifs is 14. The van der Waals surface area contributed by atoms with Crippen molar-refractivity contribution in [2.75, 3.05) is 0 Å². The molecule has 20 aromatic rings. The number of nitriles is 2. The summed E-state index contributed by atoms with van der Waals surface area (Å²) in [6, 6.07) is 89.0. The summed E-state index contributed by atoms with van der Waals surface area (Å²) < 4.78 is 104. The molecular weight excluding hydrogens is 1290 g/mol. The van der Waals surface area contributed by atoms with E-state index in [0.29, 0.717) is 68.4 Å². The standard InChI is InChI=1S/C46H28N6.C24H16N2.C22H13FN4/c47-29-33-28-32(46-49-44(30-14-4-1-5-15-30)48-45(50-46)31-16-6-2-7-17-31)24-26-38(33)52-39-22-12-10-20-35(39)36-25-27-41-42(43(36)52)37-21-11-13-23-40(37)51(41)34-18-8-3-9-19-34;1-2-8-16(9-3-1)26-21-13-7-5-11-19(21)23-22(26)15-14-18-17-10-4-6-12-20(17)25-24(18)23;23-19-12-11-17(13-18(19)14-24)22-26-20(15-7-3-1-4-8-15)25-21(27-22)16-9-5-2-6-10-16/h1-28H;1-15,25H;1-13H/i3D,8D,9D,18D,19D;1D,2D,3D,8D,9D;. The van der Waals surface area contributed by atoms with Gasteiger partial charge >= 0.3 is 0 Å². The quantitative estimate of drug-likeness (QED) is 0.150. The summed E-state index contributed by atoms with van der Waals surface area (Å²) in [5.74, 6) is 2.31. The average molecular weight is 1360 g/mol. The number of benzene rings is 14. The molecule has 0 fully saturated rings. The minimum Gasteiger partial charge on any atom is -0.354 e. The van der Waals surface area contributed by atoms with Crippen LogP contribution in [0.1, 0.15) is 24.8 Å². The average Bonchev–Trinajstić information content (AvgIpc) is 1.55. The highest BCUT2D eigenvalue weighted by molar-refractivity contribution is 6.27. The number of aromatic amines is 1. The Morgan fingerprint density at radius 1 is 0.314 bits per heavy atom. The van der Waals surface area contributed by atoms with Crippen molar-refractivity contribution in [1.82, 2.24) is 48.6 Å². The fourth-order valence-electron chi connectivity index (χ4n) is 13.9. The number of hydrogen-bond acceptors (Lipinski definition) is 8. The summed E-state index contributed by atoms with van der Waals surface area (Å²) in [7, 11) is 0. The summed E-state index contributed by atoms with van der Waals surface area (Å²) in [6.45, 7) is 0. The Balaban J connectivity index is 0.000000133. The molecule has 0 aliphatic rings. The van der Waals surface area contributed by atoms with Crippen LogP contribution in [0.2, 0.25) is 0 Å². The molecule has 0 aliphatic heterocycles. The number of halogens is 1. The summed E-state index contributed by atoms with van der Waals surface area (Å²) in [4.78, 5) is 31.8. The van der Waals surface area contributed by atoms with Crippen molar-refractivity contribution < 1.29 is 18.1 Å². The monoisotopic (exact) mass is 1360 g/mol. The molecule has 0 spiro atoms. The number of para-hydroxylation sites is 6. The fourth-order valence-corrected chi connectivity index (χ4v) is 13.9. The second kappa shape index (κ2) is 26.7. The van der Waals surface area contributed by atoms with Gasteiger partial charge in [-0.1, -0.05) is 243 Å². The first kappa shape index (κ1) is 52.3. The van der Waals surface area contributed by atoms with Crippen molar-refractivity contribution in [2.24, 2.45) is 0 Å². The molecule has 20 rings (SSSR count). The van der Waals surface area contributed by atoms with Gasteiger partial charge in [0.15, 0.2) is 34.9 Å². The lowest BCUT2D eigenvalue weighted by Gasteiger charge is -2.13. The maximum atomic E-state index is 13.7. The molecule has 0 atom stereocenters. The maximum absolute atomic E-state index is 13.7. The number of aromatic nitrogens is 10. The van der Waals surface area contributed by atoms with Gasteiger partial charge in [0.1, 0.15) is 18.0 Å². The van der Waals surface area contributed by atoms with Crippen LogP contribution in [0.15, 0.2) is 339 Å². The van der Waals surface area contributed by atoms with Gasteiger partial charge in [0.2, 0.25) is 0 Å². The minimum absolute atomic E-state index is 0.0459. The molecule has 0 saturated heterocycles. The Hall–Kier alpha value is -14.8. The number of nitrogens with one attached hydrogen (secondary N) is 1. The molecule has 6 aromatic heterocycles. The topological polar surface area (TPSA) is 156 Å². The molecule has 0 unspecified atom stereocenters. The van der Waals surface area contributed by atoms with Gasteiger partial charge in [0.05, 0.1) is 69.1 Å². The Bertz CT molecular complexity index is 7290. The van der Waals surface area contributed by atoms with Crippen LogP contribution in [-0.4, -0.2) is 48.6 Å². The van der Waals surface area contributed by atoms with E-state index < -0.39 is 30.0 Å². The third-order valence-corrected chi connectivity index (χ3v) is 18.6. The fraction of sp³-hybridized carbons (Fsp3) is 0. The van der Waals surface area contributed by atoms with Crippen molar-refractivity contribution >= 4 is 87.2 Å². The van der Waals surface area contributed by atoms with E-state index in [1.807, 2.05) is 255 Å². The van der Waals surface area contributed by atoms with Crippen molar-refractivity contribution in [3.63, 3.8) is 0 Å². The van der Waals surface area contributed by atoms with Crippen LogP contribution >= 0.6 is 0 Å². The highest BCUT2D eigenvalue weighted by atomic mass is 19.1. The van der Waals surface area contributed by atoms with Crippen molar-refractivity contribution in [3.05, 3.63) is 356 Å². The second-order valence-electron chi connectivity index (χ2n) is 24.6. The first-order chi connectivity index (χ1) is 56.1. The third kappa shape index (κ3) is 11.3. The minimum atomic E-state index is -0.568. The van der Waals surface area contributed by atoms with E-state index in [4.69, 9.17) is 33.9 Å². The van der Waals surface area contributed by atoms with Gasteiger partial charge in [-0.25, -0.2) is 34.3 Å². The molecule has 13 heteroatoms. The van der Waals surface area contributed by atoms with E-state index in [1.54, 1.807) is 15.2 Å². The highest BCUT2D eigenvalue weighted by Gasteiger charge is 2.24. The predicted octanol–water partition coefficient (Wildman–Crippen LogP) is 22.2. The van der Waals surface area contributed by atoms with E-state index in [1.165, 1.54) is 12.1 Å². The zero-order valence-electron chi connectivity index (χ0n) is 65.4. The molecule has 0 amide bonds. The van der Waals surface area contributed by atoms with Crippen LogP contribution in [0.4, 0.5) is 4.39 Å². The summed E-state index contributed by atoms with van der Waals surface area (Å²) in [5, 5.41) is 27.7. The van der Waals surface area contributed by atoms with Gasteiger partial charge in [0.25, 0.3) is 0 Å². The van der Waals surface area contributed by atoms with Crippen LogP contribution in [0.25, 0.3) is 173 Å². The van der Waals surface area contributed by atoms with Gasteiger partial charge in [-0.15, -0.1) is 0 Å². The number of nitrogens with zero attached hydrogens (tertiary/aromatic N) is 11. The molecule has 0 radical (unpaired) electrons. The van der Waals surface area contributed by atoms with E-state index >= 15 is 0 Å². The lowest BCUT2D eigenvalue weighted by molar-refractivity contribution is 0.624.